The van der Waals surface area contributed by atoms with Crippen molar-refractivity contribution in [3.05, 3.63) is 101 Å². The Kier molecular flexibility index (Phi) is 12.2. The topological polar surface area (TPSA) is 98.0 Å². The number of nitrogens with one attached hydrogen (secondary N) is 1. The van der Waals surface area contributed by atoms with Crippen molar-refractivity contribution in [3.8, 4) is 28.2 Å². The van der Waals surface area contributed by atoms with Crippen LogP contribution < -0.4 is 28.9 Å². The van der Waals surface area contributed by atoms with Crippen molar-refractivity contribution in [2.24, 2.45) is 0 Å². The number of amides is 1. The number of ether oxygens (including phenoxy) is 2. The van der Waals surface area contributed by atoms with E-state index in [1.54, 1.807) is 24.9 Å². The SMILES string of the molecule is COc1ccc(-c2ccc(COCc3ccc(C(=O)N[C@@H](CCSC)C(=O)O)c(-c4ccccc4C)c3)o2)cc1.[H-].[Li+]. The van der Waals surface area contributed by atoms with E-state index in [9.17, 15) is 14.7 Å². The van der Waals surface area contributed by atoms with Gasteiger partial charge >= 0.3 is 24.8 Å². The Labute approximate surface area is 258 Å². The second kappa shape index (κ2) is 15.6. The number of rotatable bonds is 13. The van der Waals surface area contributed by atoms with Crippen LogP contribution in [0, 0.1) is 6.92 Å². The Hall–Kier alpha value is -3.41. The molecule has 7 nitrogen and oxygen atoms in total. The zero-order valence-electron chi connectivity index (χ0n) is 24.8. The minimum absolute atomic E-state index is 0. The van der Waals surface area contributed by atoms with Gasteiger partial charge in [-0.1, -0.05) is 30.3 Å². The molecule has 0 saturated carbocycles. The summed E-state index contributed by atoms with van der Waals surface area (Å²) in [5.41, 5.74) is 4.89. The van der Waals surface area contributed by atoms with E-state index in [2.05, 4.69) is 5.32 Å². The van der Waals surface area contributed by atoms with Gasteiger partial charge in [-0.3, -0.25) is 4.79 Å². The van der Waals surface area contributed by atoms with Crippen LogP contribution in [-0.2, 0) is 22.7 Å². The number of carboxylic acid groups (broad SMARTS) is 1. The van der Waals surface area contributed by atoms with Gasteiger partial charge in [0.05, 0.1) is 13.7 Å². The minimum atomic E-state index is -1.04. The third-order valence-electron chi connectivity index (χ3n) is 6.53. The van der Waals surface area contributed by atoms with Crippen LogP contribution >= 0.6 is 11.8 Å². The summed E-state index contributed by atoms with van der Waals surface area (Å²) in [5.74, 6) is 1.40. The summed E-state index contributed by atoms with van der Waals surface area (Å²) in [5, 5.41) is 12.3. The molecular weight excluding hydrogens is 533 g/mol. The number of hydrogen-bond acceptors (Lipinski definition) is 6. The van der Waals surface area contributed by atoms with Crippen molar-refractivity contribution < 1.29 is 48.9 Å². The molecule has 9 heteroatoms. The van der Waals surface area contributed by atoms with E-state index in [-0.39, 0.29) is 26.9 Å². The number of thioether (sulfide) groups is 1. The van der Waals surface area contributed by atoms with Gasteiger partial charge in [-0.15, -0.1) is 0 Å². The van der Waals surface area contributed by atoms with Gasteiger partial charge < -0.3 is 25.7 Å². The molecule has 210 valence electrons. The molecule has 0 aliphatic rings. The standard InChI is InChI=1S/C32H33NO6S.Li.H/c1-21-6-4-5-7-26(21)28-18-22(8-14-27(28)31(34)33-29(32(35)36)16-17-40-3)19-38-20-25-13-15-30(39-25)23-9-11-24(37-2)12-10-23;;/h4-15,18,29H,16-17,19-20H2,1-3H3,(H,33,34)(H,35,36);;/q;+1;-1/t29-;;/m0../s1. The smallest absolute Gasteiger partial charge is 1.00 e. The Morgan fingerprint density at radius 1 is 1.00 bits per heavy atom. The van der Waals surface area contributed by atoms with Crippen molar-refractivity contribution in [2.45, 2.75) is 32.6 Å². The summed E-state index contributed by atoms with van der Waals surface area (Å²) in [6.45, 7) is 2.58. The zero-order valence-corrected chi connectivity index (χ0v) is 24.6. The first-order valence-corrected chi connectivity index (χ1v) is 14.3. The Bertz CT molecular complexity index is 1460. The van der Waals surface area contributed by atoms with Gasteiger partial charge in [-0.25, -0.2) is 4.79 Å². The molecule has 1 amide bonds. The molecule has 4 rings (SSSR count). The number of methoxy groups -OCH3 is 1. The Morgan fingerprint density at radius 2 is 1.76 bits per heavy atom. The largest absolute Gasteiger partial charge is 1.00 e. The van der Waals surface area contributed by atoms with Gasteiger partial charge in [0.2, 0.25) is 0 Å². The first kappa shape index (κ1) is 32.1. The molecule has 1 heterocycles. The second-order valence-electron chi connectivity index (χ2n) is 9.33. The Balaban J connectivity index is 0.00000308. The fraction of sp³-hybridized carbons (Fsp3) is 0.250. The molecule has 0 spiro atoms. The van der Waals surface area contributed by atoms with E-state index in [1.807, 2.05) is 86.0 Å². The second-order valence-corrected chi connectivity index (χ2v) is 10.3. The molecule has 0 aliphatic carbocycles. The van der Waals surface area contributed by atoms with E-state index in [0.29, 0.717) is 30.1 Å². The molecule has 4 aromatic rings. The van der Waals surface area contributed by atoms with Crippen molar-refractivity contribution in [2.75, 3.05) is 19.1 Å². The fourth-order valence-electron chi connectivity index (χ4n) is 4.34. The summed E-state index contributed by atoms with van der Waals surface area (Å²) in [6, 6.07) is 23.8. The molecule has 41 heavy (non-hydrogen) atoms. The molecule has 0 bridgehead atoms. The van der Waals surface area contributed by atoms with E-state index < -0.39 is 17.9 Å². The number of furan rings is 1. The molecule has 1 aromatic heterocycles. The summed E-state index contributed by atoms with van der Waals surface area (Å²) in [7, 11) is 1.63. The van der Waals surface area contributed by atoms with E-state index in [4.69, 9.17) is 13.9 Å². The number of carbonyl (C=O) groups is 2. The average Bonchev–Trinajstić information content (AvgIpc) is 3.44. The zero-order chi connectivity index (χ0) is 28.5. The van der Waals surface area contributed by atoms with E-state index >= 15 is 0 Å². The van der Waals surface area contributed by atoms with Gasteiger partial charge in [0.1, 0.15) is 29.9 Å². The van der Waals surface area contributed by atoms with Crippen LogP contribution in [0.1, 0.15) is 35.1 Å². The van der Waals surface area contributed by atoms with Crippen LogP contribution in [0.5, 0.6) is 5.75 Å². The first-order chi connectivity index (χ1) is 19.4. The van der Waals surface area contributed by atoms with E-state index in [0.717, 1.165) is 39.3 Å². The predicted octanol–water partition coefficient (Wildman–Crippen LogP) is 3.70. The van der Waals surface area contributed by atoms with Gasteiger partial charge in [-0.2, -0.15) is 11.8 Å². The summed E-state index contributed by atoms with van der Waals surface area (Å²) in [6.07, 6.45) is 2.25. The number of aryl methyl sites for hydroxylation is 1. The summed E-state index contributed by atoms with van der Waals surface area (Å²) in [4.78, 5) is 25.0. The van der Waals surface area contributed by atoms with Gasteiger partial charge in [0, 0.05) is 11.1 Å². The van der Waals surface area contributed by atoms with Crippen LogP contribution in [-0.4, -0.2) is 42.1 Å². The van der Waals surface area contributed by atoms with Crippen molar-refractivity contribution >= 4 is 23.6 Å². The maximum Gasteiger partial charge on any atom is 1.00 e. The molecule has 3 aromatic carbocycles. The molecule has 1 atom stereocenters. The molecule has 0 saturated heterocycles. The van der Waals surface area contributed by atoms with E-state index in [1.165, 1.54) is 0 Å². The third kappa shape index (κ3) is 8.54. The van der Waals surface area contributed by atoms with Crippen LogP contribution in [0.4, 0.5) is 0 Å². The predicted molar refractivity (Wildman–Crippen MR) is 159 cm³/mol. The van der Waals surface area contributed by atoms with Crippen LogP contribution in [0.25, 0.3) is 22.5 Å². The van der Waals surface area contributed by atoms with Gasteiger partial charge in [0.15, 0.2) is 0 Å². The molecule has 0 unspecified atom stereocenters. The van der Waals surface area contributed by atoms with Gasteiger partial charge in [-0.05, 0) is 96.1 Å². The third-order valence-corrected chi connectivity index (χ3v) is 7.17. The molecular formula is C32H34LiNO6S. The van der Waals surface area contributed by atoms with Crippen molar-refractivity contribution in [3.63, 3.8) is 0 Å². The molecule has 0 aliphatic heterocycles. The molecule has 2 N–H and O–H groups in total. The van der Waals surface area contributed by atoms with Crippen LogP contribution in [0.3, 0.4) is 0 Å². The Morgan fingerprint density at radius 3 is 2.44 bits per heavy atom. The monoisotopic (exact) mass is 567 g/mol. The number of hydrogen-bond donors (Lipinski definition) is 2. The number of carbonyl (C=O) groups excluding carboxylic acids is 1. The van der Waals surface area contributed by atoms with Gasteiger partial charge in [0.25, 0.3) is 5.91 Å². The molecule has 0 radical (unpaired) electrons. The normalized spacial score (nSPS) is 11.4. The number of carboxylic acids is 1. The van der Waals surface area contributed by atoms with Crippen molar-refractivity contribution in [1.29, 1.82) is 0 Å². The number of aliphatic carboxylic acids is 1. The average molecular weight is 568 g/mol. The quantitative estimate of drug-likeness (QED) is 0.238. The minimum Gasteiger partial charge on any atom is -1.00 e. The number of benzene rings is 3. The van der Waals surface area contributed by atoms with Crippen LogP contribution in [0.2, 0.25) is 0 Å². The molecule has 0 fully saturated rings. The van der Waals surface area contributed by atoms with Crippen molar-refractivity contribution in [1.82, 2.24) is 5.32 Å². The maximum absolute atomic E-state index is 13.3. The van der Waals surface area contributed by atoms with Crippen LogP contribution in [0.15, 0.2) is 83.3 Å². The fourth-order valence-corrected chi connectivity index (χ4v) is 4.81. The first-order valence-electron chi connectivity index (χ1n) is 12.9. The summed E-state index contributed by atoms with van der Waals surface area (Å²) >= 11 is 1.54. The maximum atomic E-state index is 13.3. The summed E-state index contributed by atoms with van der Waals surface area (Å²) < 4.78 is 17.1.